The lowest BCUT2D eigenvalue weighted by atomic mass is 10.1. The fourth-order valence-electron chi connectivity index (χ4n) is 2.41. The van der Waals surface area contributed by atoms with Gasteiger partial charge in [0, 0.05) is 5.56 Å². The topological polar surface area (TPSA) is 57.0 Å². The van der Waals surface area contributed by atoms with Crippen LogP contribution in [0.5, 0.6) is 0 Å². The average molecular weight is 337 g/mol. The maximum Gasteiger partial charge on any atom is 0.327 e. The Morgan fingerprint density at radius 1 is 1.48 bits per heavy atom. The molecule has 0 aromatic carbocycles. The smallest absolute Gasteiger partial charge is 0.327 e. The number of alkyl halides is 2. The van der Waals surface area contributed by atoms with Gasteiger partial charge in [-0.15, -0.1) is 11.3 Å². The number of carbonyl (C=O) groups excluding carboxylic acids is 1. The fraction of sp³-hybridized carbons (Fsp3) is 0.267. The largest absolute Gasteiger partial charge is 0.468 e. The summed E-state index contributed by atoms with van der Waals surface area (Å²) in [6.45, 7) is 1.44. The van der Waals surface area contributed by atoms with Crippen molar-refractivity contribution in [2.75, 3.05) is 7.11 Å². The first-order valence-electron chi connectivity index (χ1n) is 6.78. The van der Waals surface area contributed by atoms with Crippen molar-refractivity contribution in [2.24, 2.45) is 0 Å². The summed E-state index contributed by atoms with van der Waals surface area (Å²) < 4.78 is 32.9. The molecule has 0 aliphatic rings. The van der Waals surface area contributed by atoms with E-state index in [0.29, 0.717) is 11.4 Å². The molecule has 3 aromatic rings. The van der Waals surface area contributed by atoms with Crippen molar-refractivity contribution in [2.45, 2.75) is 19.9 Å². The van der Waals surface area contributed by atoms with Crippen LogP contribution in [-0.2, 0) is 16.1 Å². The third-order valence-electron chi connectivity index (χ3n) is 3.42. The van der Waals surface area contributed by atoms with Crippen LogP contribution < -0.4 is 0 Å². The molecule has 0 aliphatic carbocycles. The zero-order chi connectivity index (χ0) is 16.6. The van der Waals surface area contributed by atoms with Crippen molar-refractivity contribution in [1.29, 1.82) is 0 Å². The Morgan fingerprint density at radius 2 is 2.26 bits per heavy atom. The van der Waals surface area contributed by atoms with Gasteiger partial charge in [-0.25, -0.2) is 18.4 Å². The Morgan fingerprint density at radius 3 is 2.87 bits per heavy atom. The number of carbonyl (C=O) groups is 1. The van der Waals surface area contributed by atoms with E-state index < -0.39 is 12.4 Å². The van der Waals surface area contributed by atoms with Gasteiger partial charge in [0.1, 0.15) is 6.54 Å². The van der Waals surface area contributed by atoms with E-state index in [9.17, 15) is 13.6 Å². The number of hydrogen-bond donors (Lipinski definition) is 0. The number of thiophene rings is 1. The summed E-state index contributed by atoms with van der Waals surface area (Å²) in [7, 11) is 1.26. The highest BCUT2D eigenvalue weighted by atomic mass is 32.1. The summed E-state index contributed by atoms with van der Waals surface area (Å²) >= 11 is 1.41. The van der Waals surface area contributed by atoms with Gasteiger partial charge < -0.3 is 4.74 Å². The summed E-state index contributed by atoms with van der Waals surface area (Å²) in [6, 6.07) is 5.02. The van der Waals surface area contributed by atoms with Crippen LogP contribution in [0.3, 0.4) is 0 Å². The molecular formula is C15H13F2N3O2S. The third-order valence-corrected chi connectivity index (χ3v) is 4.32. The van der Waals surface area contributed by atoms with E-state index in [2.05, 4.69) is 14.8 Å². The SMILES string of the molecule is COC(=O)Cn1nc(C)c2c(C(F)F)cc(-c3cccs3)nc21. The Bertz CT molecular complexity index is 859. The molecule has 0 saturated carbocycles. The lowest BCUT2D eigenvalue weighted by molar-refractivity contribution is -0.141. The predicted molar refractivity (Wildman–Crippen MR) is 82.6 cm³/mol. The Balaban J connectivity index is 2.25. The number of esters is 1. The fourth-order valence-corrected chi connectivity index (χ4v) is 3.09. The molecule has 0 aliphatic heterocycles. The number of ether oxygens (including phenoxy) is 1. The molecule has 0 unspecified atom stereocenters. The molecule has 0 radical (unpaired) electrons. The lowest BCUT2D eigenvalue weighted by Gasteiger charge is -2.07. The van der Waals surface area contributed by atoms with Crippen LogP contribution >= 0.6 is 11.3 Å². The van der Waals surface area contributed by atoms with Gasteiger partial charge in [0.2, 0.25) is 0 Å². The maximum atomic E-state index is 13.5. The van der Waals surface area contributed by atoms with Crippen molar-refractivity contribution in [3.63, 3.8) is 0 Å². The molecule has 120 valence electrons. The first-order chi connectivity index (χ1) is 11.0. The third kappa shape index (κ3) is 2.81. The second-order valence-corrected chi connectivity index (χ2v) is 5.84. The molecular weight excluding hydrogens is 324 g/mol. The predicted octanol–water partition coefficient (Wildman–Crippen LogP) is 3.58. The number of pyridine rings is 1. The molecule has 3 aromatic heterocycles. The first-order valence-corrected chi connectivity index (χ1v) is 7.66. The van der Waals surface area contributed by atoms with Crippen LogP contribution in [0.25, 0.3) is 21.6 Å². The summed E-state index contributed by atoms with van der Waals surface area (Å²) in [6.07, 6.45) is -2.66. The second kappa shape index (κ2) is 6.04. The van der Waals surface area contributed by atoms with Gasteiger partial charge in [0.05, 0.1) is 28.8 Å². The maximum absolute atomic E-state index is 13.5. The molecule has 23 heavy (non-hydrogen) atoms. The molecule has 0 saturated heterocycles. The van der Waals surface area contributed by atoms with Gasteiger partial charge in [-0.2, -0.15) is 5.10 Å². The number of nitrogens with zero attached hydrogens (tertiary/aromatic N) is 3. The van der Waals surface area contributed by atoms with Gasteiger partial charge in [0.25, 0.3) is 6.43 Å². The quantitative estimate of drug-likeness (QED) is 0.683. The number of fused-ring (bicyclic) bond motifs is 1. The van der Waals surface area contributed by atoms with E-state index in [0.717, 1.165) is 4.88 Å². The van der Waals surface area contributed by atoms with Crippen molar-refractivity contribution >= 4 is 28.3 Å². The second-order valence-electron chi connectivity index (χ2n) is 4.89. The number of rotatable bonds is 4. The van der Waals surface area contributed by atoms with Gasteiger partial charge >= 0.3 is 5.97 Å². The van der Waals surface area contributed by atoms with Crippen LogP contribution in [0.1, 0.15) is 17.7 Å². The van der Waals surface area contributed by atoms with E-state index in [1.807, 2.05) is 17.5 Å². The minimum absolute atomic E-state index is 0.132. The molecule has 3 heterocycles. The van der Waals surface area contributed by atoms with Crippen LogP contribution in [0.2, 0.25) is 0 Å². The molecule has 0 amide bonds. The number of hydrogen-bond acceptors (Lipinski definition) is 5. The number of halogens is 2. The zero-order valence-corrected chi connectivity index (χ0v) is 13.2. The highest BCUT2D eigenvalue weighted by Crippen LogP contribution is 2.34. The summed E-state index contributed by atoms with van der Waals surface area (Å²) in [4.78, 5) is 16.7. The van der Waals surface area contributed by atoms with Gasteiger partial charge in [-0.05, 0) is 24.4 Å². The molecule has 0 fully saturated rings. The lowest BCUT2D eigenvalue weighted by Crippen LogP contribution is -2.13. The normalized spacial score (nSPS) is 11.3. The van der Waals surface area contributed by atoms with E-state index in [1.165, 1.54) is 29.2 Å². The minimum Gasteiger partial charge on any atom is -0.468 e. The van der Waals surface area contributed by atoms with Gasteiger partial charge in [0.15, 0.2) is 5.65 Å². The van der Waals surface area contributed by atoms with E-state index in [1.54, 1.807) is 6.92 Å². The van der Waals surface area contributed by atoms with Crippen molar-refractivity contribution < 1.29 is 18.3 Å². The minimum atomic E-state index is -2.66. The van der Waals surface area contributed by atoms with Gasteiger partial charge in [-0.3, -0.25) is 4.79 Å². The van der Waals surface area contributed by atoms with Crippen molar-refractivity contribution in [1.82, 2.24) is 14.8 Å². The molecule has 8 heteroatoms. The Kier molecular flexibility index (Phi) is 4.08. The zero-order valence-electron chi connectivity index (χ0n) is 12.4. The monoisotopic (exact) mass is 337 g/mol. The molecule has 0 atom stereocenters. The van der Waals surface area contributed by atoms with E-state index >= 15 is 0 Å². The average Bonchev–Trinajstić information content (AvgIpc) is 3.15. The van der Waals surface area contributed by atoms with Crippen LogP contribution in [-0.4, -0.2) is 27.8 Å². The Labute approximate surface area is 134 Å². The molecule has 3 rings (SSSR count). The highest BCUT2D eigenvalue weighted by molar-refractivity contribution is 7.13. The summed E-state index contributed by atoms with van der Waals surface area (Å²) in [5.74, 6) is -0.517. The number of aryl methyl sites for hydroxylation is 1. The number of aromatic nitrogens is 3. The molecule has 5 nitrogen and oxygen atoms in total. The Hall–Kier alpha value is -2.35. The van der Waals surface area contributed by atoms with Crippen LogP contribution in [0, 0.1) is 6.92 Å². The van der Waals surface area contributed by atoms with Crippen molar-refractivity contribution in [3.8, 4) is 10.6 Å². The standard InChI is InChI=1S/C15H13F2N3O2S/c1-8-13-9(14(16)17)6-10(11-4-3-5-23-11)18-15(13)20(19-8)7-12(21)22-2/h3-6,14H,7H2,1-2H3. The van der Waals surface area contributed by atoms with Crippen molar-refractivity contribution in [3.05, 3.63) is 34.8 Å². The molecule has 0 spiro atoms. The van der Waals surface area contributed by atoms with Crippen LogP contribution in [0.15, 0.2) is 23.6 Å². The van der Waals surface area contributed by atoms with Crippen LogP contribution in [0.4, 0.5) is 8.78 Å². The van der Waals surface area contributed by atoms with Gasteiger partial charge in [-0.1, -0.05) is 6.07 Å². The summed E-state index contributed by atoms with van der Waals surface area (Å²) in [5.41, 5.74) is 0.972. The number of methoxy groups -OCH3 is 1. The van der Waals surface area contributed by atoms with E-state index in [4.69, 9.17) is 0 Å². The highest BCUT2D eigenvalue weighted by Gasteiger charge is 2.22. The summed E-state index contributed by atoms with van der Waals surface area (Å²) in [5, 5.41) is 6.30. The van der Waals surface area contributed by atoms with E-state index in [-0.39, 0.29) is 23.1 Å². The molecule has 0 bridgehead atoms. The molecule has 0 N–H and O–H groups in total. The first kappa shape index (κ1) is 15.5.